The fourth-order valence-corrected chi connectivity index (χ4v) is 3.93. The average molecular weight is 405 g/mol. The van der Waals surface area contributed by atoms with Crippen molar-refractivity contribution in [3.05, 3.63) is 46.1 Å². The number of rotatable bonds is 4. The average Bonchev–Trinajstić information content (AvgIpc) is 3.10. The van der Waals surface area contributed by atoms with E-state index < -0.39 is 15.9 Å². The van der Waals surface area contributed by atoms with Crippen LogP contribution in [0, 0.1) is 0 Å². The molecule has 2 aromatic rings. The Balaban J connectivity index is 1.78. The van der Waals surface area contributed by atoms with Gasteiger partial charge in [-0.1, -0.05) is 23.2 Å². The lowest BCUT2D eigenvalue weighted by atomic mass is 10.3. The number of sulfonamides is 1. The molecule has 0 bridgehead atoms. The van der Waals surface area contributed by atoms with Crippen LogP contribution >= 0.6 is 23.2 Å². The van der Waals surface area contributed by atoms with Gasteiger partial charge in [-0.3, -0.25) is 4.79 Å². The van der Waals surface area contributed by atoms with E-state index in [1.807, 2.05) is 0 Å². The van der Waals surface area contributed by atoms with Crippen LogP contribution in [0.25, 0.3) is 0 Å². The van der Waals surface area contributed by atoms with Crippen LogP contribution in [0.15, 0.2) is 39.8 Å². The summed E-state index contributed by atoms with van der Waals surface area (Å²) in [4.78, 5) is 12.3. The molecule has 1 fully saturated rings. The number of carbonyl (C=O) groups excluding carboxylic acids is 1. The SMILES string of the molecule is O=C(Nc1cc(Cl)ccc1Cl)c1ccc(S(=O)(=O)N2CCOCC2)o1. The van der Waals surface area contributed by atoms with Crippen molar-refractivity contribution in [2.24, 2.45) is 0 Å². The predicted octanol–water partition coefficient (Wildman–Crippen LogP) is 2.86. The summed E-state index contributed by atoms with van der Waals surface area (Å²) in [5.41, 5.74) is 0.299. The quantitative estimate of drug-likeness (QED) is 0.845. The van der Waals surface area contributed by atoms with Gasteiger partial charge in [0, 0.05) is 18.1 Å². The molecule has 1 amide bonds. The first-order valence-electron chi connectivity index (χ1n) is 7.32. The van der Waals surface area contributed by atoms with Gasteiger partial charge in [-0.15, -0.1) is 0 Å². The number of ether oxygens (including phenoxy) is 1. The Bertz CT molecular complexity index is 891. The van der Waals surface area contributed by atoms with Crippen molar-refractivity contribution in [3.63, 3.8) is 0 Å². The monoisotopic (exact) mass is 404 g/mol. The maximum atomic E-state index is 12.5. The van der Waals surface area contributed by atoms with Crippen LogP contribution in [-0.2, 0) is 14.8 Å². The first-order chi connectivity index (χ1) is 11.9. The second-order valence-corrected chi connectivity index (χ2v) is 7.93. The summed E-state index contributed by atoms with van der Waals surface area (Å²) in [6.45, 7) is 1.12. The van der Waals surface area contributed by atoms with E-state index in [2.05, 4.69) is 5.32 Å². The van der Waals surface area contributed by atoms with Crippen LogP contribution in [0.2, 0.25) is 10.0 Å². The zero-order valence-electron chi connectivity index (χ0n) is 12.9. The number of hydrogen-bond acceptors (Lipinski definition) is 5. The minimum Gasteiger partial charge on any atom is -0.438 e. The molecular weight excluding hydrogens is 391 g/mol. The molecule has 0 saturated carbocycles. The molecule has 0 atom stereocenters. The van der Waals surface area contributed by atoms with Crippen molar-refractivity contribution < 1.29 is 22.4 Å². The van der Waals surface area contributed by atoms with Gasteiger partial charge in [0.1, 0.15) is 0 Å². The Labute approximate surface area is 154 Å². The first kappa shape index (κ1) is 18.2. The van der Waals surface area contributed by atoms with Crippen LogP contribution in [0.4, 0.5) is 5.69 Å². The number of anilines is 1. The number of benzene rings is 1. The molecule has 1 N–H and O–H groups in total. The topological polar surface area (TPSA) is 88.9 Å². The van der Waals surface area contributed by atoms with Gasteiger partial charge in [-0.05, 0) is 30.3 Å². The first-order valence-corrected chi connectivity index (χ1v) is 9.51. The van der Waals surface area contributed by atoms with E-state index in [1.54, 1.807) is 6.07 Å². The summed E-state index contributed by atoms with van der Waals surface area (Å²) in [5, 5.41) is 2.93. The zero-order valence-corrected chi connectivity index (χ0v) is 15.2. The number of furan rings is 1. The summed E-state index contributed by atoms with van der Waals surface area (Å²) in [6.07, 6.45) is 0. The molecule has 1 aromatic heterocycles. The van der Waals surface area contributed by atoms with Gasteiger partial charge in [0.2, 0.25) is 5.09 Å². The van der Waals surface area contributed by atoms with E-state index in [1.165, 1.54) is 28.6 Å². The molecule has 0 aliphatic carbocycles. The molecule has 134 valence electrons. The molecule has 1 saturated heterocycles. The van der Waals surface area contributed by atoms with E-state index in [9.17, 15) is 13.2 Å². The molecule has 7 nitrogen and oxygen atoms in total. The number of nitrogens with zero attached hydrogens (tertiary/aromatic N) is 1. The van der Waals surface area contributed by atoms with E-state index in [0.29, 0.717) is 28.9 Å². The highest BCUT2D eigenvalue weighted by Gasteiger charge is 2.30. The van der Waals surface area contributed by atoms with Gasteiger partial charge in [0.25, 0.3) is 15.9 Å². The van der Waals surface area contributed by atoms with Gasteiger partial charge in [-0.25, -0.2) is 8.42 Å². The number of halogens is 2. The molecule has 0 radical (unpaired) electrons. The van der Waals surface area contributed by atoms with Gasteiger partial charge < -0.3 is 14.5 Å². The van der Waals surface area contributed by atoms with E-state index in [4.69, 9.17) is 32.4 Å². The number of nitrogens with one attached hydrogen (secondary N) is 1. The molecule has 0 unspecified atom stereocenters. The molecule has 1 aromatic carbocycles. The van der Waals surface area contributed by atoms with E-state index in [0.717, 1.165) is 0 Å². The summed E-state index contributed by atoms with van der Waals surface area (Å²) < 4.78 is 36.6. The Morgan fingerprint density at radius 3 is 2.56 bits per heavy atom. The summed E-state index contributed by atoms with van der Waals surface area (Å²) in [6, 6.07) is 7.14. The molecule has 1 aliphatic rings. The number of amides is 1. The number of hydrogen-bond donors (Lipinski definition) is 1. The van der Waals surface area contributed by atoms with Crippen molar-refractivity contribution in [2.75, 3.05) is 31.6 Å². The fraction of sp³-hybridized carbons (Fsp3) is 0.267. The molecule has 10 heteroatoms. The second-order valence-electron chi connectivity index (χ2n) is 5.21. The van der Waals surface area contributed by atoms with E-state index >= 15 is 0 Å². The standard InChI is InChI=1S/C15H14Cl2N2O5S/c16-10-1-2-11(17)12(9-10)18-15(20)13-3-4-14(24-13)25(21,22)19-5-7-23-8-6-19/h1-4,9H,5-8H2,(H,18,20). The minimum absolute atomic E-state index is 0.150. The third-order valence-electron chi connectivity index (χ3n) is 3.55. The number of carbonyl (C=O) groups is 1. The van der Waals surface area contributed by atoms with Crippen molar-refractivity contribution >= 4 is 44.8 Å². The summed E-state index contributed by atoms with van der Waals surface area (Å²) >= 11 is 11.9. The lowest BCUT2D eigenvalue weighted by Crippen LogP contribution is -2.40. The Kier molecular flexibility index (Phi) is 5.35. The van der Waals surface area contributed by atoms with E-state index in [-0.39, 0.29) is 23.9 Å². The number of morpholine rings is 1. The second kappa shape index (κ2) is 7.35. The smallest absolute Gasteiger partial charge is 0.291 e. The summed E-state index contributed by atoms with van der Waals surface area (Å²) in [5.74, 6) is -0.782. The minimum atomic E-state index is -3.80. The van der Waals surface area contributed by atoms with Crippen LogP contribution in [0.3, 0.4) is 0 Å². The van der Waals surface area contributed by atoms with Gasteiger partial charge >= 0.3 is 0 Å². The Hall–Kier alpha value is -1.58. The maximum absolute atomic E-state index is 12.5. The molecule has 3 rings (SSSR count). The highest BCUT2D eigenvalue weighted by Crippen LogP contribution is 2.26. The molecular formula is C15H14Cl2N2O5S. The maximum Gasteiger partial charge on any atom is 0.291 e. The van der Waals surface area contributed by atoms with Crippen LogP contribution < -0.4 is 5.32 Å². The Morgan fingerprint density at radius 1 is 1.12 bits per heavy atom. The van der Waals surface area contributed by atoms with Crippen LogP contribution in [-0.4, -0.2) is 44.9 Å². The third-order valence-corrected chi connectivity index (χ3v) is 5.88. The molecule has 1 aliphatic heterocycles. The largest absolute Gasteiger partial charge is 0.438 e. The third kappa shape index (κ3) is 3.99. The Morgan fingerprint density at radius 2 is 1.84 bits per heavy atom. The lowest BCUT2D eigenvalue weighted by Gasteiger charge is -2.24. The zero-order chi connectivity index (χ0) is 18.0. The predicted molar refractivity (Wildman–Crippen MR) is 92.7 cm³/mol. The lowest BCUT2D eigenvalue weighted by molar-refractivity contribution is 0.0723. The van der Waals surface area contributed by atoms with Gasteiger partial charge in [-0.2, -0.15) is 4.31 Å². The van der Waals surface area contributed by atoms with Crippen molar-refractivity contribution in [3.8, 4) is 0 Å². The van der Waals surface area contributed by atoms with Crippen molar-refractivity contribution in [1.82, 2.24) is 4.31 Å². The van der Waals surface area contributed by atoms with Crippen molar-refractivity contribution in [1.29, 1.82) is 0 Å². The highest BCUT2D eigenvalue weighted by atomic mass is 35.5. The molecule has 0 spiro atoms. The van der Waals surface area contributed by atoms with Crippen molar-refractivity contribution in [2.45, 2.75) is 5.09 Å². The molecule has 25 heavy (non-hydrogen) atoms. The fourth-order valence-electron chi connectivity index (χ4n) is 2.27. The molecule has 2 heterocycles. The van der Waals surface area contributed by atoms with Gasteiger partial charge in [0.15, 0.2) is 5.76 Å². The van der Waals surface area contributed by atoms with Crippen LogP contribution in [0.5, 0.6) is 0 Å². The highest BCUT2D eigenvalue weighted by molar-refractivity contribution is 7.89. The van der Waals surface area contributed by atoms with Gasteiger partial charge in [0.05, 0.1) is 23.9 Å². The van der Waals surface area contributed by atoms with Crippen LogP contribution in [0.1, 0.15) is 10.6 Å². The normalized spacial score (nSPS) is 15.9. The summed E-state index contributed by atoms with van der Waals surface area (Å²) in [7, 11) is -3.80.